The highest BCUT2D eigenvalue weighted by Crippen LogP contribution is 2.27. The number of aromatic nitrogens is 1. The molecule has 0 aliphatic carbocycles. The number of hydrogen-bond acceptors (Lipinski definition) is 6. The molecule has 7 nitrogen and oxygen atoms in total. The van der Waals surface area contributed by atoms with Gasteiger partial charge in [0.2, 0.25) is 5.91 Å². The molecule has 2 N–H and O–H groups in total. The van der Waals surface area contributed by atoms with Crippen LogP contribution in [0.5, 0.6) is 0 Å². The maximum Gasteiger partial charge on any atom is 0.248 e. The number of likely N-dealkylation sites (tertiary alicyclic amines) is 1. The third-order valence-corrected chi connectivity index (χ3v) is 6.71. The molecule has 1 aliphatic rings. The number of aryl methyl sites for hydroxylation is 2. The van der Waals surface area contributed by atoms with E-state index in [2.05, 4.69) is 47.1 Å². The predicted molar refractivity (Wildman–Crippen MR) is 157 cm³/mol. The van der Waals surface area contributed by atoms with E-state index >= 15 is 0 Å². The SMILES string of the molecule is C=O.C=O.Cc1c(CC=O)cc(-c2ccc(CN3CCC(C)CC3)cc2)cc1C(N)=O.Cc1ccc(C)nc1. The number of rotatable bonds is 6. The van der Waals surface area contributed by atoms with Crippen molar-refractivity contribution in [3.05, 3.63) is 88.2 Å². The lowest BCUT2D eigenvalue weighted by Gasteiger charge is -2.30. The largest absolute Gasteiger partial charge is 0.366 e. The summed E-state index contributed by atoms with van der Waals surface area (Å²) in [5.74, 6) is 0.377. The second-order valence-corrected chi connectivity index (χ2v) is 9.68. The highest BCUT2D eigenvalue weighted by Gasteiger charge is 2.16. The summed E-state index contributed by atoms with van der Waals surface area (Å²) in [4.78, 5) is 45.4. The summed E-state index contributed by atoms with van der Waals surface area (Å²) in [5.41, 5.74) is 13.2. The van der Waals surface area contributed by atoms with Gasteiger partial charge in [-0.1, -0.05) is 43.3 Å². The zero-order valence-electron chi connectivity index (χ0n) is 23.6. The van der Waals surface area contributed by atoms with Crippen LogP contribution in [0, 0.1) is 26.7 Å². The number of primary amides is 1. The number of nitrogens with two attached hydrogens (primary N) is 1. The van der Waals surface area contributed by atoms with E-state index in [9.17, 15) is 9.59 Å². The molecule has 0 spiro atoms. The van der Waals surface area contributed by atoms with E-state index < -0.39 is 5.91 Å². The van der Waals surface area contributed by atoms with Crippen LogP contribution in [0.4, 0.5) is 0 Å². The molecular formula is C32H41N3O4. The summed E-state index contributed by atoms with van der Waals surface area (Å²) >= 11 is 0. The van der Waals surface area contributed by atoms with E-state index in [1.807, 2.05) is 58.7 Å². The van der Waals surface area contributed by atoms with Crippen molar-refractivity contribution in [1.29, 1.82) is 0 Å². The van der Waals surface area contributed by atoms with E-state index in [1.54, 1.807) is 0 Å². The van der Waals surface area contributed by atoms with Gasteiger partial charge in [0.15, 0.2) is 0 Å². The molecule has 0 radical (unpaired) electrons. The van der Waals surface area contributed by atoms with Crippen molar-refractivity contribution in [2.24, 2.45) is 11.7 Å². The molecule has 0 atom stereocenters. The Balaban J connectivity index is 0.000000532. The minimum Gasteiger partial charge on any atom is -0.366 e. The molecule has 2 heterocycles. The molecule has 1 amide bonds. The first kappa shape index (κ1) is 33.1. The normalized spacial score (nSPS) is 12.9. The zero-order valence-corrected chi connectivity index (χ0v) is 23.6. The lowest BCUT2D eigenvalue weighted by atomic mass is 9.93. The van der Waals surface area contributed by atoms with E-state index in [0.29, 0.717) is 5.56 Å². The van der Waals surface area contributed by atoms with E-state index in [-0.39, 0.29) is 6.42 Å². The van der Waals surface area contributed by atoms with Crippen molar-refractivity contribution in [3.8, 4) is 11.1 Å². The minimum absolute atomic E-state index is 0.283. The fourth-order valence-electron chi connectivity index (χ4n) is 4.32. The van der Waals surface area contributed by atoms with Crippen LogP contribution in [0.25, 0.3) is 11.1 Å². The van der Waals surface area contributed by atoms with Crippen LogP contribution in [0.3, 0.4) is 0 Å². The van der Waals surface area contributed by atoms with Crippen LogP contribution < -0.4 is 5.73 Å². The lowest BCUT2D eigenvalue weighted by Crippen LogP contribution is -2.32. The molecule has 0 unspecified atom stereocenters. The first-order chi connectivity index (χ1) is 18.8. The number of nitrogens with zero attached hydrogens (tertiary/aromatic N) is 2. The average molecular weight is 532 g/mol. The topological polar surface area (TPSA) is 110 Å². The molecule has 208 valence electrons. The van der Waals surface area contributed by atoms with Gasteiger partial charge >= 0.3 is 0 Å². The van der Waals surface area contributed by atoms with Gasteiger partial charge in [0.25, 0.3) is 0 Å². The van der Waals surface area contributed by atoms with Crippen LogP contribution in [0.2, 0.25) is 0 Å². The number of carbonyl (C=O) groups excluding carboxylic acids is 4. The van der Waals surface area contributed by atoms with E-state index in [4.69, 9.17) is 15.3 Å². The van der Waals surface area contributed by atoms with Gasteiger partial charge in [-0.2, -0.15) is 0 Å². The minimum atomic E-state index is -0.461. The van der Waals surface area contributed by atoms with Gasteiger partial charge in [0.05, 0.1) is 0 Å². The van der Waals surface area contributed by atoms with Crippen molar-refractivity contribution in [3.63, 3.8) is 0 Å². The molecule has 7 heteroatoms. The lowest BCUT2D eigenvalue weighted by molar-refractivity contribution is -0.107. The smallest absolute Gasteiger partial charge is 0.248 e. The Bertz CT molecular complexity index is 1150. The van der Waals surface area contributed by atoms with Gasteiger partial charge in [0, 0.05) is 30.4 Å². The Kier molecular flexibility index (Phi) is 14.9. The zero-order chi connectivity index (χ0) is 29.4. The highest BCUT2D eigenvalue weighted by atomic mass is 16.1. The number of hydrogen-bond donors (Lipinski definition) is 1. The number of pyridine rings is 1. The van der Waals surface area contributed by atoms with Crippen LogP contribution in [-0.4, -0.2) is 48.7 Å². The van der Waals surface area contributed by atoms with Gasteiger partial charge in [-0.05, 0) is 98.1 Å². The van der Waals surface area contributed by atoms with E-state index in [1.165, 1.54) is 24.0 Å². The summed E-state index contributed by atoms with van der Waals surface area (Å²) in [5, 5.41) is 0. The molecule has 1 saturated heterocycles. The second kappa shape index (κ2) is 17.5. The maximum atomic E-state index is 11.8. The second-order valence-electron chi connectivity index (χ2n) is 9.68. The molecule has 1 aromatic heterocycles. The number of piperidine rings is 1. The first-order valence-corrected chi connectivity index (χ1v) is 12.9. The Morgan fingerprint density at radius 2 is 1.59 bits per heavy atom. The van der Waals surface area contributed by atoms with E-state index in [0.717, 1.165) is 59.8 Å². The first-order valence-electron chi connectivity index (χ1n) is 12.9. The Morgan fingerprint density at radius 1 is 0.974 bits per heavy atom. The highest BCUT2D eigenvalue weighted by molar-refractivity contribution is 5.96. The molecule has 1 aliphatic heterocycles. The molecule has 39 heavy (non-hydrogen) atoms. The number of aldehydes is 1. The van der Waals surface area contributed by atoms with Crippen molar-refractivity contribution >= 4 is 25.8 Å². The van der Waals surface area contributed by atoms with Gasteiger partial charge in [0.1, 0.15) is 19.9 Å². The van der Waals surface area contributed by atoms with Gasteiger partial charge in [-0.15, -0.1) is 0 Å². The Morgan fingerprint density at radius 3 is 2.08 bits per heavy atom. The molecule has 4 rings (SSSR count). The Labute approximate surface area is 232 Å². The molecule has 3 aromatic rings. The average Bonchev–Trinajstić information content (AvgIpc) is 2.96. The quantitative estimate of drug-likeness (QED) is 0.445. The van der Waals surface area contributed by atoms with Crippen LogP contribution in [0.1, 0.15) is 58.1 Å². The summed E-state index contributed by atoms with van der Waals surface area (Å²) < 4.78 is 0. The summed E-state index contributed by atoms with van der Waals surface area (Å²) in [6.07, 6.45) is 5.56. The van der Waals surface area contributed by atoms with Crippen molar-refractivity contribution in [2.75, 3.05) is 13.1 Å². The van der Waals surface area contributed by atoms with Gasteiger partial charge in [-0.25, -0.2) is 0 Å². The fourth-order valence-corrected chi connectivity index (χ4v) is 4.32. The monoisotopic (exact) mass is 531 g/mol. The molecule has 1 fully saturated rings. The van der Waals surface area contributed by atoms with Crippen molar-refractivity contribution in [2.45, 2.75) is 53.5 Å². The van der Waals surface area contributed by atoms with Gasteiger partial charge in [-0.3, -0.25) is 14.7 Å². The maximum absolute atomic E-state index is 11.8. The van der Waals surface area contributed by atoms with Crippen LogP contribution in [-0.2, 0) is 27.3 Å². The molecule has 2 aromatic carbocycles. The third kappa shape index (κ3) is 10.7. The predicted octanol–water partition coefficient (Wildman–Crippen LogP) is 5.06. The van der Waals surface area contributed by atoms with Crippen LogP contribution >= 0.6 is 0 Å². The summed E-state index contributed by atoms with van der Waals surface area (Å²) in [6, 6.07) is 16.3. The van der Waals surface area contributed by atoms with Crippen LogP contribution in [0.15, 0.2) is 54.7 Å². The number of benzene rings is 2. The van der Waals surface area contributed by atoms with Crippen molar-refractivity contribution in [1.82, 2.24) is 9.88 Å². The molecule has 0 saturated carbocycles. The van der Waals surface area contributed by atoms with Crippen molar-refractivity contribution < 1.29 is 19.2 Å². The Hall–Kier alpha value is -3.97. The van der Waals surface area contributed by atoms with Gasteiger partial charge < -0.3 is 20.1 Å². The molecule has 0 bridgehead atoms. The number of carbonyl (C=O) groups is 4. The fraction of sp³-hybridized carbons (Fsp3) is 0.344. The summed E-state index contributed by atoms with van der Waals surface area (Å²) in [6.45, 7) is 15.5. The summed E-state index contributed by atoms with van der Waals surface area (Å²) in [7, 11) is 0. The molecular weight excluding hydrogens is 490 g/mol. The standard InChI is InChI=1S/C23H28N2O2.C7H9N.2CH2O/c1-16-7-10-25(11-8-16)15-18-3-5-19(6-4-18)21-13-20(9-12-26)17(2)22(14-21)23(24)27;1-6-3-4-7(2)8-5-6;2*1-2/h3-6,12-14,16H,7-11,15H2,1-2H3,(H2,24,27);3-5H,1-2H3;2*1H2. The number of amides is 1. The third-order valence-electron chi connectivity index (χ3n) is 6.71.